The highest BCUT2D eigenvalue weighted by Gasteiger charge is 2.35. The van der Waals surface area contributed by atoms with Crippen LogP contribution < -0.4 is 25.0 Å². The van der Waals surface area contributed by atoms with Gasteiger partial charge in [-0.1, -0.05) is 0 Å². The number of amides is 3. The van der Waals surface area contributed by atoms with Gasteiger partial charge in [0, 0.05) is 44.7 Å². The first-order valence-corrected chi connectivity index (χ1v) is 8.27. The van der Waals surface area contributed by atoms with Crippen LogP contribution in [0.25, 0.3) is 0 Å². The summed E-state index contributed by atoms with van der Waals surface area (Å²) in [5.41, 5.74) is 0.697. The standard InChI is InChI=1S/C17H21N3O5/c1-11(21)18-4-5-19-17(23)12-8-16(22)20(10-12)13-2-3-14-15(9-13)25-7-6-24-14/h2-3,9,12H,4-8,10H2,1H3,(H,18,21)(H,19,23)/t12-/m1/s1. The maximum absolute atomic E-state index is 12.3. The van der Waals surface area contributed by atoms with Crippen molar-refractivity contribution in [1.29, 1.82) is 0 Å². The van der Waals surface area contributed by atoms with Gasteiger partial charge < -0.3 is 25.0 Å². The Labute approximate surface area is 145 Å². The van der Waals surface area contributed by atoms with Crippen LogP contribution in [0.15, 0.2) is 18.2 Å². The molecule has 0 aromatic heterocycles. The number of hydrogen-bond acceptors (Lipinski definition) is 5. The maximum atomic E-state index is 12.3. The number of carbonyl (C=O) groups is 3. The Morgan fingerprint density at radius 1 is 1.16 bits per heavy atom. The first-order valence-electron chi connectivity index (χ1n) is 8.27. The van der Waals surface area contributed by atoms with E-state index in [1.165, 1.54) is 6.92 Å². The Morgan fingerprint density at radius 3 is 2.64 bits per heavy atom. The molecule has 1 saturated heterocycles. The van der Waals surface area contributed by atoms with Crippen molar-refractivity contribution < 1.29 is 23.9 Å². The fourth-order valence-electron chi connectivity index (χ4n) is 2.90. The van der Waals surface area contributed by atoms with Gasteiger partial charge >= 0.3 is 0 Å². The molecular weight excluding hydrogens is 326 g/mol. The second-order valence-corrected chi connectivity index (χ2v) is 6.01. The Hall–Kier alpha value is -2.77. The molecule has 3 amide bonds. The third kappa shape index (κ3) is 4.01. The summed E-state index contributed by atoms with van der Waals surface area (Å²) in [6.45, 7) is 3.44. The molecule has 25 heavy (non-hydrogen) atoms. The summed E-state index contributed by atoms with van der Waals surface area (Å²) in [7, 11) is 0. The third-order valence-corrected chi connectivity index (χ3v) is 4.13. The number of nitrogens with zero attached hydrogens (tertiary/aromatic N) is 1. The average molecular weight is 347 g/mol. The second-order valence-electron chi connectivity index (χ2n) is 6.01. The van der Waals surface area contributed by atoms with Crippen molar-refractivity contribution in [1.82, 2.24) is 10.6 Å². The summed E-state index contributed by atoms with van der Waals surface area (Å²) < 4.78 is 11.0. The van der Waals surface area contributed by atoms with Crippen LogP contribution in [0.2, 0.25) is 0 Å². The minimum Gasteiger partial charge on any atom is -0.486 e. The molecule has 3 rings (SSSR count). The zero-order chi connectivity index (χ0) is 17.8. The van der Waals surface area contributed by atoms with E-state index < -0.39 is 5.92 Å². The van der Waals surface area contributed by atoms with Crippen LogP contribution in [0.1, 0.15) is 13.3 Å². The van der Waals surface area contributed by atoms with Crippen molar-refractivity contribution in [3.05, 3.63) is 18.2 Å². The Bertz CT molecular complexity index is 691. The monoisotopic (exact) mass is 347 g/mol. The predicted octanol–water partition coefficient (Wildman–Crippen LogP) is 0.0630. The van der Waals surface area contributed by atoms with Gasteiger partial charge in [-0.15, -0.1) is 0 Å². The number of hydrogen-bond donors (Lipinski definition) is 2. The fraction of sp³-hybridized carbons (Fsp3) is 0.471. The molecule has 8 heteroatoms. The van der Waals surface area contributed by atoms with Gasteiger partial charge in [0.25, 0.3) is 0 Å². The van der Waals surface area contributed by atoms with E-state index in [1.54, 1.807) is 23.1 Å². The van der Waals surface area contributed by atoms with E-state index in [0.29, 0.717) is 50.0 Å². The minimum absolute atomic E-state index is 0.0984. The molecular formula is C17H21N3O5. The van der Waals surface area contributed by atoms with E-state index in [9.17, 15) is 14.4 Å². The van der Waals surface area contributed by atoms with E-state index >= 15 is 0 Å². The van der Waals surface area contributed by atoms with Crippen LogP contribution in [-0.4, -0.2) is 50.6 Å². The lowest BCUT2D eigenvalue weighted by Crippen LogP contribution is -2.37. The summed E-state index contributed by atoms with van der Waals surface area (Å²) in [6.07, 6.45) is 0.167. The summed E-state index contributed by atoms with van der Waals surface area (Å²) in [5, 5.41) is 5.35. The Balaban J connectivity index is 1.58. The van der Waals surface area contributed by atoms with Crippen molar-refractivity contribution in [2.24, 2.45) is 5.92 Å². The molecule has 2 N–H and O–H groups in total. The third-order valence-electron chi connectivity index (χ3n) is 4.13. The van der Waals surface area contributed by atoms with Gasteiger partial charge in [-0.2, -0.15) is 0 Å². The van der Waals surface area contributed by atoms with Crippen LogP contribution in [0, 0.1) is 5.92 Å². The molecule has 2 aliphatic heterocycles. The highest BCUT2D eigenvalue weighted by atomic mass is 16.6. The van der Waals surface area contributed by atoms with Crippen LogP contribution >= 0.6 is 0 Å². The normalized spacial score (nSPS) is 18.8. The SMILES string of the molecule is CC(=O)NCCNC(=O)[C@@H]1CC(=O)N(c2ccc3c(c2)OCCO3)C1. The van der Waals surface area contributed by atoms with Gasteiger partial charge in [0.1, 0.15) is 13.2 Å². The maximum Gasteiger partial charge on any atom is 0.227 e. The van der Waals surface area contributed by atoms with Gasteiger partial charge in [0.15, 0.2) is 11.5 Å². The summed E-state index contributed by atoms with van der Waals surface area (Å²) in [4.78, 5) is 36.9. The van der Waals surface area contributed by atoms with Crippen LogP contribution in [0.5, 0.6) is 11.5 Å². The lowest BCUT2D eigenvalue weighted by Gasteiger charge is -2.22. The number of carbonyl (C=O) groups excluding carboxylic acids is 3. The molecule has 0 aliphatic carbocycles. The number of benzene rings is 1. The largest absolute Gasteiger partial charge is 0.486 e. The van der Waals surface area contributed by atoms with Crippen molar-refractivity contribution in [2.75, 3.05) is 37.7 Å². The second kappa shape index (κ2) is 7.42. The van der Waals surface area contributed by atoms with Crippen LogP contribution in [0.4, 0.5) is 5.69 Å². The molecule has 0 spiro atoms. The molecule has 2 heterocycles. The van der Waals surface area contributed by atoms with Crippen LogP contribution in [-0.2, 0) is 14.4 Å². The van der Waals surface area contributed by atoms with Gasteiger partial charge in [0.2, 0.25) is 17.7 Å². The number of fused-ring (bicyclic) bond motifs is 1. The number of anilines is 1. The van der Waals surface area contributed by atoms with Crippen molar-refractivity contribution in [3.63, 3.8) is 0 Å². The van der Waals surface area contributed by atoms with Crippen molar-refractivity contribution in [2.45, 2.75) is 13.3 Å². The smallest absolute Gasteiger partial charge is 0.227 e. The Kier molecular flexibility index (Phi) is 5.06. The van der Waals surface area contributed by atoms with Gasteiger partial charge in [-0.05, 0) is 12.1 Å². The number of rotatable bonds is 5. The van der Waals surface area contributed by atoms with Gasteiger partial charge in [0.05, 0.1) is 5.92 Å². The van der Waals surface area contributed by atoms with Crippen LogP contribution in [0.3, 0.4) is 0 Å². The summed E-state index contributed by atoms with van der Waals surface area (Å²) in [5.74, 6) is 0.444. The zero-order valence-electron chi connectivity index (χ0n) is 14.0. The van der Waals surface area contributed by atoms with E-state index in [4.69, 9.17) is 9.47 Å². The fourth-order valence-corrected chi connectivity index (χ4v) is 2.90. The highest BCUT2D eigenvalue weighted by molar-refractivity contribution is 6.00. The molecule has 1 aromatic rings. The van der Waals surface area contributed by atoms with E-state index in [1.807, 2.05) is 0 Å². The zero-order valence-corrected chi connectivity index (χ0v) is 14.0. The Morgan fingerprint density at radius 2 is 1.88 bits per heavy atom. The minimum atomic E-state index is -0.405. The summed E-state index contributed by atoms with van der Waals surface area (Å²) in [6, 6.07) is 5.34. The quantitative estimate of drug-likeness (QED) is 0.735. The predicted molar refractivity (Wildman–Crippen MR) is 89.6 cm³/mol. The lowest BCUT2D eigenvalue weighted by molar-refractivity contribution is -0.126. The molecule has 0 radical (unpaired) electrons. The molecule has 8 nitrogen and oxygen atoms in total. The molecule has 1 aromatic carbocycles. The number of ether oxygens (including phenoxy) is 2. The summed E-state index contributed by atoms with van der Waals surface area (Å²) >= 11 is 0. The topological polar surface area (TPSA) is 97.0 Å². The van der Waals surface area contributed by atoms with E-state index in [-0.39, 0.29) is 24.1 Å². The van der Waals surface area contributed by atoms with Crippen molar-refractivity contribution >= 4 is 23.4 Å². The molecule has 1 atom stereocenters. The highest BCUT2D eigenvalue weighted by Crippen LogP contribution is 2.35. The molecule has 134 valence electrons. The number of nitrogens with one attached hydrogen (secondary N) is 2. The molecule has 0 unspecified atom stereocenters. The first kappa shape index (κ1) is 17.1. The first-order chi connectivity index (χ1) is 12.0. The average Bonchev–Trinajstić information content (AvgIpc) is 3.00. The van der Waals surface area contributed by atoms with Gasteiger partial charge in [-0.3, -0.25) is 14.4 Å². The molecule has 1 fully saturated rings. The van der Waals surface area contributed by atoms with E-state index in [0.717, 1.165) is 0 Å². The van der Waals surface area contributed by atoms with Crippen molar-refractivity contribution in [3.8, 4) is 11.5 Å². The lowest BCUT2D eigenvalue weighted by atomic mass is 10.1. The van der Waals surface area contributed by atoms with E-state index in [2.05, 4.69) is 10.6 Å². The molecule has 0 bridgehead atoms. The molecule has 2 aliphatic rings. The van der Waals surface area contributed by atoms with Gasteiger partial charge in [-0.25, -0.2) is 0 Å². The molecule has 0 saturated carbocycles.